The topological polar surface area (TPSA) is 65.1 Å². The minimum absolute atomic E-state index is 0.193. The molecule has 1 unspecified atom stereocenters. The largest absolute Gasteiger partial charge is 0.496 e. The van der Waals surface area contributed by atoms with Crippen LogP contribution in [0.15, 0.2) is 28.9 Å². The minimum atomic E-state index is -0.193. The van der Waals surface area contributed by atoms with E-state index in [1.54, 1.807) is 13.3 Å². The third kappa shape index (κ3) is 2.72. The molecule has 20 heavy (non-hydrogen) atoms. The molecule has 1 aromatic carbocycles. The molecule has 5 nitrogen and oxygen atoms in total. The molecule has 1 heterocycles. The van der Waals surface area contributed by atoms with E-state index in [-0.39, 0.29) is 6.04 Å². The lowest BCUT2D eigenvalue weighted by Crippen LogP contribution is -2.31. The van der Waals surface area contributed by atoms with E-state index in [1.807, 2.05) is 30.7 Å². The minimum Gasteiger partial charge on any atom is -0.496 e. The van der Waals surface area contributed by atoms with Crippen molar-refractivity contribution in [2.24, 2.45) is 5.84 Å². The Kier molecular flexibility index (Phi) is 4.80. The lowest BCUT2D eigenvalue weighted by molar-refractivity contribution is 0.401. The zero-order valence-electron chi connectivity index (χ0n) is 11.9. The number of methoxy groups -OCH3 is 1. The van der Waals surface area contributed by atoms with Gasteiger partial charge in [-0.15, -0.1) is 0 Å². The van der Waals surface area contributed by atoms with Gasteiger partial charge in [0.05, 0.1) is 29.5 Å². The van der Waals surface area contributed by atoms with Gasteiger partial charge in [0.25, 0.3) is 0 Å². The first kappa shape index (κ1) is 15.0. The quantitative estimate of drug-likeness (QED) is 0.649. The highest BCUT2D eigenvalue weighted by atomic mass is 79.9. The van der Waals surface area contributed by atoms with E-state index in [1.165, 1.54) is 0 Å². The number of hydrogen-bond donors (Lipinski definition) is 2. The van der Waals surface area contributed by atoms with Gasteiger partial charge in [0.15, 0.2) is 0 Å². The number of rotatable bonds is 5. The predicted octanol–water partition coefficient (Wildman–Crippen LogP) is 2.54. The number of aryl methyl sites for hydroxylation is 2. The second-order valence-electron chi connectivity index (χ2n) is 4.54. The van der Waals surface area contributed by atoms with E-state index < -0.39 is 0 Å². The second kappa shape index (κ2) is 6.39. The van der Waals surface area contributed by atoms with Gasteiger partial charge < -0.3 is 4.74 Å². The van der Waals surface area contributed by atoms with Gasteiger partial charge in [-0.25, -0.2) is 5.43 Å². The van der Waals surface area contributed by atoms with Crippen LogP contribution >= 0.6 is 15.9 Å². The highest BCUT2D eigenvalue weighted by Gasteiger charge is 2.23. The monoisotopic (exact) mass is 338 g/mol. The second-order valence-corrected chi connectivity index (χ2v) is 5.39. The molecule has 6 heteroatoms. The average molecular weight is 339 g/mol. The fourth-order valence-corrected chi connectivity index (χ4v) is 2.83. The Morgan fingerprint density at radius 2 is 2.25 bits per heavy atom. The van der Waals surface area contributed by atoms with Crippen LogP contribution in [-0.4, -0.2) is 16.9 Å². The number of ether oxygens (including phenoxy) is 1. The molecular formula is C14H19BrN4O. The van der Waals surface area contributed by atoms with Crippen molar-refractivity contribution >= 4 is 15.9 Å². The third-order valence-corrected chi connectivity index (χ3v) is 3.88. The van der Waals surface area contributed by atoms with Crippen molar-refractivity contribution in [3.8, 4) is 5.75 Å². The maximum absolute atomic E-state index is 5.79. The number of benzene rings is 1. The van der Waals surface area contributed by atoms with Gasteiger partial charge in [-0.1, -0.05) is 17.7 Å². The van der Waals surface area contributed by atoms with Crippen LogP contribution in [0.3, 0.4) is 0 Å². The SMILES string of the molecule is CCn1ncc(Br)c1C(NN)c1cc(C)ccc1OC. The normalized spacial score (nSPS) is 12.4. The van der Waals surface area contributed by atoms with Gasteiger partial charge in [-0.2, -0.15) is 5.10 Å². The number of aromatic nitrogens is 2. The Morgan fingerprint density at radius 3 is 2.85 bits per heavy atom. The lowest BCUT2D eigenvalue weighted by Gasteiger charge is -2.21. The van der Waals surface area contributed by atoms with Gasteiger partial charge in [0.1, 0.15) is 5.75 Å². The maximum atomic E-state index is 5.79. The van der Waals surface area contributed by atoms with Crippen molar-refractivity contribution < 1.29 is 4.74 Å². The first-order valence-corrected chi connectivity index (χ1v) is 7.23. The van der Waals surface area contributed by atoms with Crippen molar-refractivity contribution in [1.29, 1.82) is 0 Å². The zero-order valence-corrected chi connectivity index (χ0v) is 13.4. The number of halogens is 1. The Balaban J connectivity index is 2.57. The van der Waals surface area contributed by atoms with Gasteiger partial charge in [-0.05, 0) is 35.8 Å². The van der Waals surface area contributed by atoms with Gasteiger partial charge in [-0.3, -0.25) is 10.5 Å². The molecule has 108 valence electrons. The first-order valence-electron chi connectivity index (χ1n) is 6.44. The summed E-state index contributed by atoms with van der Waals surface area (Å²) >= 11 is 3.54. The molecule has 2 aromatic rings. The molecule has 0 saturated carbocycles. The summed E-state index contributed by atoms with van der Waals surface area (Å²) in [6.45, 7) is 4.86. The van der Waals surface area contributed by atoms with Crippen LogP contribution in [0.5, 0.6) is 5.75 Å². The van der Waals surface area contributed by atoms with Crippen molar-refractivity contribution in [1.82, 2.24) is 15.2 Å². The van der Waals surface area contributed by atoms with Crippen molar-refractivity contribution in [3.63, 3.8) is 0 Å². The zero-order chi connectivity index (χ0) is 14.7. The number of nitrogens with zero attached hydrogens (tertiary/aromatic N) is 2. The fraction of sp³-hybridized carbons (Fsp3) is 0.357. The van der Waals surface area contributed by atoms with Crippen LogP contribution < -0.4 is 16.0 Å². The Labute approximate surface area is 127 Å². The maximum Gasteiger partial charge on any atom is 0.124 e. The van der Waals surface area contributed by atoms with E-state index in [4.69, 9.17) is 10.6 Å². The van der Waals surface area contributed by atoms with Gasteiger partial charge in [0, 0.05) is 12.1 Å². The summed E-state index contributed by atoms with van der Waals surface area (Å²) in [7, 11) is 1.66. The molecular weight excluding hydrogens is 320 g/mol. The molecule has 0 fully saturated rings. The number of nitrogens with two attached hydrogens (primary N) is 1. The van der Waals surface area contributed by atoms with Gasteiger partial charge in [0.2, 0.25) is 0 Å². The van der Waals surface area contributed by atoms with E-state index >= 15 is 0 Å². The van der Waals surface area contributed by atoms with E-state index in [9.17, 15) is 0 Å². The third-order valence-electron chi connectivity index (χ3n) is 3.27. The van der Waals surface area contributed by atoms with Gasteiger partial charge >= 0.3 is 0 Å². The molecule has 0 aliphatic carbocycles. The smallest absolute Gasteiger partial charge is 0.124 e. The molecule has 2 rings (SSSR count). The number of hydrazine groups is 1. The van der Waals surface area contributed by atoms with Crippen LogP contribution in [0.1, 0.15) is 29.8 Å². The summed E-state index contributed by atoms with van der Waals surface area (Å²) in [5, 5.41) is 4.34. The number of nitrogens with one attached hydrogen (secondary N) is 1. The van der Waals surface area contributed by atoms with Crippen molar-refractivity contribution in [2.45, 2.75) is 26.4 Å². The summed E-state index contributed by atoms with van der Waals surface area (Å²) in [6.07, 6.45) is 1.78. The average Bonchev–Trinajstić information content (AvgIpc) is 2.82. The Hall–Kier alpha value is -1.37. The summed E-state index contributed by atoms with van der Waals surface area (Å²) in [4.78, 5) is 0. The van der Waals surface area contributed by atoms with Crippen LogP contribution in [0.25, 0.3) is 0 Å². The summed E-state index contributed by atoms with van der Waals surface area (Å²) in [5.41, 5.74) is 6.00. The summed E-state index contributed by atoms with van der Waals surface area (Å²) < 4.78 is 8.29. The summed E-state index contributed by atoms with van der Waals surface area (Å²) in [5.74, 6) is 6.59. The van der Waals surface area contributed by atoms with E-state index in [0.29, 0.717) is 0 Å². The molecule has 1 atom stereocenters. The van der Waals surface area contributed by atoms with Crippen molar-refractivity contribution in [3.05, 3.63) is 45.7 Å². The molecule has 0 saturated heterocycles. The molecule has 0 amide bonds. The highest BCUT2D eigenvalue weighted by molar-refractivity contribution is 9.10. The van der Waals surface area contributed by atoms with Crippen LogP contribution in [0, 0.1) is 6.92 Å². The van der Waals surface area contributed by atoms with Crippen molar-refractivity contribution in [2.75, 3.05) is 7.11 Å². The molecule has 0 radical (unpaired) electrons. The molecule has 0 spiro atoms. The molecule has 0 aliphatic heterocycles. The Morgan fingerprint density at radius 1 is 1.50 bits per heavy atom. The molecule has 3 N–H and O–H groups in total. The first-order chi connectivity index (χ1) is 9.62. The standard InChI is InChI=1S/C14H19BrN4O/c1-4-19-14(11(15)8-17-19)13(18-16)10-7-9(2)5-6-12(10)20-3/h5-8,13,18H,4,16H2,1-3H3. The van der Waals surface area contributed by atoms with Crippen LogP contribution in [0.4, 0.5) is 0 Å². The highest BCUT2D eigenvalue weighted by Crippen LogP contribution is 2.33. The predicted molar refractivity (Wildman–Crippen MR) is 82.5 cm³/mol. The Bertz CT molecular complexity index is 597. The number of hydrogen-bond acceptors (Lipinski definition) is 4. The lowest BCUT2D eigenvalue weighted by atomic mass is 10.0. The van der Waals surface area contributed by atoms with Crippen LogP contribution in [-0.2, 0) is 6.54 Å². The van der Waals surface area contributed by atoms with E-state index in [0.717, 1.165) is 33.6 Å². The molecule has 1 aromatic heterocycles. The van der Waals surface area contributed by atoms with E-state index in [2.05, 4.69) is 32.5 Å². The molecule has 0 aliphatic rings. The molecule has 0 bridgehead atoms. The summed E-state index contributed by atoms with van der Waals surface area (Å²) in [6, 6.07) is 5.85. The van der Waals surface area contributed by atoms with Crippen LogP contribution in [0.2, 0.25) is 0 Å². The fourth-order valence-electron chi connectivity index (χ4n) is 2.31.